The smallest absolute Gasteiger partial charge is 0.258 e. The molecule has 0 spiro atoms. The van der Waals surface area contributed by atoms with Gasteiger partial charge in [-0.3, -0.25) is 10.1 Å². The van der Waals surface area contributed by atoms with Crippen LogP contribution in [-0.4, -0.2) is 4.92 Å². The summed E-state index contributed by atoms with van der Waals surface area (Å²) in [5, 5.41) is 10.3. The summed E-state index contributed by atoms with van der Waals surface area (Å²) >= 11 is 5.44. The van der Waals surface area contributed by atoms with E-state index in [2.05, 4.69) is 0 Å². The van der Waals surface area contributed by atoms with Crippen molar-refractivity contribution in [3.05, 3.63) is 38.4 Å². The average Bonchev–Trinajstić information content (AvgIpc) is 1.99. The molecule has 0 amide bonds. The van der Waals surface area contributed by atoms with Gasteiger partial charge in [0, 0.05) is 11.1 Å². The summed E-state index contributed by atoms with van der Waals surface area (Å²) in [4.78, 5) is 9.32. The molecule has 1 aromatic carbocycles. The van der Waals surface area contributed by atoms with Crippen LogP contribution in [0.25, 0.3) is 0 Å². The molecule has 0 aromatic heterocycles. The minimum atomic E-state index is -4.75. The fourth-order valence-electron chi connectivity index (χ4n) is 1.24. The number of hydrogen-bond acceptors (Lipinski definition) is 2. The van der Waals surface area contributed by atoms with Crippen LogP contribution in [0.1, 0.15) is 11.1 Å². The first-order valence-electron chi connectivity index (χ1n) is 3.75. The zero-order valence-electron chi connectivity index (χ0n) is 7.43. The molecule has 0 bridgehead atoms. The van der Waals surface area contributed by atoms with Crippen LogP contribution in [0.4, 0.5) is 18.9 Å². The molecule has 0 radical (unpaired) electrons. The Kier molecular flexibility index (Phi) is 2.90. The second kappa shape index (κ2) is 3.69. The zero-order valence-corrected chi connectivity index (χ0v) is 8.19. The summed E-state index contributed by atoms with van der Waals surface area (Å²) < 4.78 is 37.4. The van der Waals surface area contributed by atoms with Crippen molar-refractivity contribution in [3.63, 3.8) is 0 Å². The molecule has 0 aliphatic rings. The van der Waals surface area contributed by atoms with Crippen LogP contribution >= 0.6 is 11.6 Å². The lowest BCUT2D eigenvalue weighted by molar-refractivity contribution is -0.388. The van der Waals surface area contributed by atoms with E-state index in [0.29, 0.717) is 6.07 Å². The third-order valence-corrected chi connectivity index (χ3v) is 1.98. The van der Waals surface area contributed by atoms with Crippen LogP contribution in [0, 0.1) is 17.0 Å². The normalized spacial score (nSPS) is 11.5. The minimum Gasteiger partial charge on any atom is -0.258 e. The first-order valence-corrected chi connectivity index (χ1v) is 4.13. The number of benzene rings is 1. The van der Waals surface area contributed by atoms with Crippen molar-refractivity contribution < 1.29 is 18.1 Å². The standard InChI is InChI=1S/C8H5ClF3NO2/c1-4-2-5(9)3-6(13(14)15)7(4)8(10,11)12/h2-3H,1H3. The number of nitrogens with zero attached hydrogens (tertiary/aromatic N) is 1. The van der Waals surface area contributed by atoms with E-state index in [1.807, 2.05) is 0 Å². The number of alkyl halides is 3. The lowest BCUT2D eigenvalue weighted by Gasteiger charge is -2.10. The Labute approximate surface area is 87.6 Å². The quantitative estimate of drug-likeness (QED) is 0.555. The highest BCUT2D eigenvalue weighted by molar-refractivity contribution is 6.30. The number of nitro groups is 1. The van der Waals surface area contributed by atoms with Gasteiger partial charge in [0.15, 0.2) is 0 Å². The number of halogens is 4. The van der Waals surface area contributed by atoms with Gasteiger partial charge in [-0.15, -0.1) is 0 Å². The molecule has 0 saturated carbocycles. The maximum absolute atomic E-state index is 12.5. The Morgan fingerprint density at radius 3 is 2.33 bits per heavy atom. The predicted octanol–water partition coefficient (Wildman–Crippen LogP) is 3.58. The summed E-state index contributed by atoms with van der Waals surface area (Å²) in [5.74, 6) is 0. The van der Waals surface area contributed by atoms with Crippen LogP contribution in [0.15, 0.2) is 12.1 Å². The second-order valence-corrected chi connectivity index (χ2v) is 3.31. The second-order valence-electron chi connectivity index (χ2n) is 2.87. The Bertz CT molecular complexity index is 417. The number of hydrogen-bond donors (Lipinski definition) is 0. The first kappa shape index (κ1) is 11.8. The third kappa shape index (κ3) is 2.38. The monoisotopic (exact) mass is 239 g/mol. The van der Waals surface area contributed by atoms with Crippen molar-refractivity contribution >= 4 is 17.3 Å². The molecular weight excluding hydrogens is 235 g/mol. The van der Waals surface area contributed by atoms with Gasteiger partial charge in [-0.2, -0.15) is 13.2 Å². The summed E-state index contributed by atoms with van der Waals surface area (Å²) in [6.45, 7) is 1.13. The molecule has 0 aliphatic carbocycles. The predicted molar refractivity (Wildman–Crippen MR) is 47.8 cm³/mol. The molecule has 0 saturated heterocycles. The summed E-state index contributed by atoms with van der Waals surface area (Å²) in [6, 6.07) is 1.73. The van der Waals surface area contributed by atoms with Gasteiger partial charge in [0.1, 0.15) is 5.56 Å². The van der Waals surface area contributed by atoms with E-state index >= 15 is 0 Å². The average molecular weight is 240 g/mol. The molecule has 0 heterocycles. The molecule has 0 atom stereocenters. The van der Waals surface area contributed by atoms with Gasteiger partial charge in [0.25, 0.3) is 5.69 Å². The van der Waals surface area contributed by atoms with Gasteiger partial charge in [-0.05, 0) is 18.6 Å². The largest absolute Gasteiger partial charge is 0.423 e. The van der Waals surface area contributed by atoms with Crippen molar-refractivity contribution in [1.29, 1.82) is 0 Å². The Morgan fingerprint density at radius 1 is 1.40 bits per heavy atom. The fraction of sp³-hybridized carbons (Fsp3) is 0.250. The SMILES string of the molecule is Cc1cc(Cl)cc([N+](=O)[O-])c1C(F)(F)F. The van der Waals surface area contributed by atoms with Crippen molar-refractivity contribution in [1.82, 2.24) is 0 Å². The summed E-state index contributed by atoms with van der Waals surface area (Å²) in [5.41, 5.74) is -2.54. The lowest BCUT2D eigenvalue weighted by atomic mass is 10.1. The Hall–Kier alpha value is -1.30. The summed E-state index contributed by atoms with van der Waals surface area (Å²) in [6.07, 6.45) is -4.75. The van der Waals surface area contributed by atoms with Crippen molar-refractivity contribution in [3.8, 4) is 0 Å². The van der Waals surface area contributed by atoms with Crippen LogP contribution < -0.4 is 0 Å². The molecule has 3 nitrogen and oxygen atoms in total. The molecule has 82 valence electrons. The Balaban J connectivity index is 3.55. The highest BCUT2D eigenvalue weighted by Crippen LogP contribution is 2.39. The van der Waals surface area contributed by atoms with Crippen LogP contribution in [-0.2, 0) is 6.18 Å². The fourth-order valence-corrected chi connectivity index (χ4v) is 1.51. The molecule has 1 aromatic rings. The van der Waals surface area contributed by atoms with Crippen LogP contribution in [0.5, 0.6) is 0 Å². The van der Waals surface area contributed by atoms with Gasteiger partial charge in [-0.1, -0.05) is 11.6 Å². The van der Waals surface area contributed by atoms with E-state index < -0.39 is 22.4 Å². The molecular formula is C8H5ClF3NO2. The van der Waals surface area contributed by atoms with Gasteiger partial charge >= 0.3 is 6.18 Å². The lowest BCUT2D eigenvalue weighted by Crippen LogP contribution is -2.11. The highest BCUT2D eigenvalue weighted by atomic mass is 35.5. The molecule has 0 fully saturated rings. The molecule has 15 heavy (non-hydrogen) atoms. The van der Waals surface area contributed by atoms with E-state index in [4.69, 9.17) is 11.6 Å². The van der Waals surface area contributed by atoms with Gasteiger partial charge in [0.05, 0.1) is 4.92 Å². The van der Waals surface area contributed by atoms with Crippen LogP contribution in [0.2, 0.25) is 5.02 Å². The minimum absolute atomic E-state index is 0.0906. The van der Waals surface area contributed by atoms with E-state index in [1.165, 1.54) is 0 Å². The van der Waals surface area contributed by atoms with E-state index in [9.17, 15) is 23.3 Å². The number of aryl methyl sites for hydroxylation is 1. The zero-order chi connectivity index (χ0) is 11.8. The van der Waals surface area contributed by atoms with E-state index in [-0.39, 0.29) is 10.6 Å². The Morgan fingerprint density at radius 2 is 1.93 bits per heavy atom. The maximum Gasteiger partial charge on any atom is 0.423 e. The molecule has 1 rings (SSSR count). The first-order chi connectivity index (χ1) is 6.73. The van der Waals surface area contributed by atoms with Crippen molar-refractivity contribution in [2.24, 2.45) is 0 Å². The van der Waals surface area contributed by atoms with E-state index in [0.717, 1.165) is 13.0 Å². The van der Waals surface area contributed by atoms with Gasteiger partial charge in [-0.25, -0.2) is 0 Å². The van der Waals surface area contributed by atoms with Crippen LogP contribution in [0.3, 0.4) is 0 Å². The van der Waals surface area contributed by atoms with Gasteiger partial charge < -0.3 is 0 Å². The molecule has 0 aliphatic heterocycles. The van der Waals surface area contributed by atoms with Gasteiger partial charge in [0.2, 0.25) is 0 Å². The molecule has 0 unspecified atom stereocenters. The van der Waals surface area contributed by atoms with Crippen molar-refractivity contribution in [2.75, 3.05) is 0 Å². The van der Waals surface area contributed by atoms with E-state index in [1.54, 1.807) is 0 Å². The highest BCUT2D eigenvalue weighted by Gasteiger charge is 2.40. The topological polar surface area (TPSA) is 43.1 Å². The summed E-state index contributed by atoms with van der Waals surface area (Å²) in [7, 11) is 0. The number of nitro benzene ring substituents is 1. The molecule has 0 N–H and O–H groups in total. The maximum atomic E-state index is 12.5. The third-order valence-electron chi connectivity index (χ3n) is 1.76. The van der Waals surface area contributed by atoms with Crippen molar-refractivity contribution in [2.45, 2.75) is 13.1 Å². The number of rotatable bonds is 1. The molecule has 7 heteroatoms.